The first-order valence-electron chi connectivity index (χ1n) is 10.3. The average Bonchev–Trinajstić information content (AvgIpc) is 3.39. The number of nitrogens with two attached hydrogens (primary N) is 1. The van der Waals surface area contributed by atoms with E-state index in [-0.39, 0.29) is 18.3 Å². The van der Waals surface area contributed by atoms with Crippen LogP contribution in [-0.2, 0) is 18.4 Å². The van der Waals surface area contributed by atoms with Crippen LogP contribution in [0.4, 0.5) is 10.2 Å². The molecule has 5 aromatic rings. The molecule has 0 aliphatic rings. The Bertz CT molecular complexity index is 1610. The van der Waals surface area contributed by atoms with E-state index in [4.69, 9.17) is 5.73 Å². The lowest BCUT2D eigenvalue weighted by Gasteiger charge is -2.30. The molecule has 9 nitrogen and oxygen atoms in total. The van der Waals surface area contributed by atoms with Crippen molar-refractivity contribution in [2.45, 2.75) is 13.5 Å². The molecule has 0 spiro atoms. The zero-order valence-electron chi connectivity index (χ0n) is 18.6. The molecule has 0 saturated heterocycles. The number of thiazole rings is 1. The van der Waals surface area contributed by atoms with Gasteiger partial charge in [-0.1, -0.05) is 0 Å². The molecule has 0 bridgehead atoms. The van der Waals surface area contributed by atoms with Gasteiger partial charge in [0, 0.05) is 38.0 Å². The van der Waals surface area contributed by atoms with Crippen molar-refractivity contribution in [1.82, 2.24) is 29.8 Å². The Kier molecular flexibility index (Phi) is 5.13. The van der Waals surface area contributed by atoms with Gasteiger partial charge in [0.1, 0.15) is 16.6 Å². The monoisotopic (exact) mass is 477 g/mol. The lowest BCUT2D eigenvalue weighted by Crippen LogP contribution is -2.46. The molecule has 3 heterocycles. The minimum absolute atomic E-state index is 0.0506. The Morgan fingerprint density at radius 3 is 2.68 bits per heavy atom. The fourth-order valence-electron chi connectivity index (χ4n) is 3.87. The second-order valence-electron chi connectivity index (χ2n) is 7.88. The van der Waals surface area contributed by atoms with Gasteiger partial charge in [-0.05, 0) is 30.3 Å². The number of hydrogen-bond acceptors (Lipinski definition) is 7. The number of hydrazine groups is 1. The van der Waals surface area contributed by atoms with E-state index in [1.54, 1.807) is 42.2 Å². The van der Waals surface area contributed by atoms with Crippen LogP contribution in [0.25, 0.3) is 32.0 Å². The Hall–Kier alpha value is -4.12. The molecule has 0 aliphatic heterocycles. The Morgan fingerprint density at radius 2 is 1.91 bits per heavy atom. The third-order valence-electron chi connectivity index (χ3n) is 5.69. The number of benzene rings is 2. The standard InChI is InChI=1S/C23H20FN7O2S/c1-12(32)30(3)31(11-20-27-18-9-14(24)5-7-19(18)34-20)23(33)13-4-6-17-15(8-13)21-16(22(25)28-17)10-26-29(21)2/h4-10H,11H2,1-3H3,(H2,25,28). The lowest BCUT2D eigenvalue weighted by atomic mass is 10.1. The minimum Gasteiger partial charge on any atom is -0.383 e. The molecule has 172 valence electrons. The average molecular weight is 478 g/mol. The van der Waals surface area contributed by atoms with Crippen LogP contribution < -0.4 is 5.73 Å². The number of hydrogen-bond donors (Lipinski definition) is 1. The number of rotatable bonds is 3. The molecule has 2 aromatic carbocycles. The van der Waals surface area contributed by atoms with E-state index in [2.05, 4.69) is 15.1 Å². The van der Waals surface area contributed by atoms with Gasteiger partial charge in [-0.3, -0.25) is 19.3 Å². The Balaban J connectivity index is 1.57. The first-order chi connectivity index (χ1) is 16.2. The summed E-state index contributed by atoms with van der Waals surface area (Å²) in [4.78, 5) is 34.7. The molecule has 2 N–H and O–H groups in total. The molecule has 34 heavy (non-hydrogen) atoms. The summed E-state index contributed by atoms with van der Waals surface area (Å²) in [7, 11) is 3.32. The molecule has 5 rings (SSSR count). The van der Waals surface area contributed by atoms with Crippen LogP contribution in [0, 0.1) is 5.82 Å². The Morgan fingerprint density at radius 1 is 1.12 bits per heavy atom. The van der Waals surface area contributed by atoms with Gasteiger partial charge >= 0.3 is 0 Å². The summed E-state index contributed by atoms with van der Waals surface area (Å²) in [5, 5.41) is 8.82. The highest BCUT2D eigenvalue weighted by atomic mass is 32.1. The summed E-state index contributed by atoms with van der Waals surface area (Å²) >= 11 is 1.34. The number of fused-ring (bicyclic) bond motifs is 4. The van der Waals surface area contributed by atoms with Gasteiger partial charge in [-0.2, -0.15) is 5.10 Å². The summed E-state index contributed by atoms with van der Waals surface area (Å²) in [6.45, 7) is 1.43. The van der Waals surface area contributed by atoms with Crippen molar-refractivity contribution in [3.8, 4) is 0 Å². The molecular formula is C23H20FN7O2S. The van der Waals surface area contributed by atoms with Gasteiger partial charge in [0.25, 0.3) is 5.91 Å². The van der Waals surface area contributed by atoms with E-state index >= 15 is 0 Å². The van der Waals surface area contributed by atoms with Crippen LogP contribution in [-0.4, -0.2) is 48.6 Å². The van der Waals surface area contributed by atoms with Crippen LogP contribution >= 0.6 is 11.3 Å². The molecule has 0 fully saturated rings. The van der Waals surface area contributed by atoms with Crippen molar-refractivity contribution in [3.63, 3.8) is 0 Å². The van der Waals surface area contributed by atoms with Crippen LogP contribution in [0.15, 0.2) is 42.6 Å². The largest absolute Gasteiger partial charge is 0.383 e. The van der Waals surface area contributed by atoms with Gasteiger partial charge < -0.3 is 5.73 Å². The number of halogens is 1. The minimum atomic E-state index is -0.391. The molecule has 0 radical (unpaired) electrons. The third-order valence-corrected chi connectivity index (χ3v) is 6.71. The first kappa shape index (κ1) is 21.7. The summed E-state index contributed by atoms with van der Waals surface area (Å²) < 4.78 is 16.1. The summed E-state index contributed by atoms with van der Waals surface area (Å²) in [6.07, 6.45) is 1.64. The van der Waals surface area contributed by atoms with Crippen molar-refractivity contribution in [3.05, 3.63) is 59.0 Å². The molecule has 0 atom stereocenters. The smallest absolute Gasteiger partial charge is 0.272 e. The highest BCUT2D eigenvalue weighted by Gasteiger charge is 2.25. The van der Waals surface area contributed by atoms with E-state index in [9.17, 15) is 14.0 Å². The SMILES string of the molecule is CC(=O)N(C)N(Cc1nc2cc(F)ccc2s1)C(=O)c1ccc2nc(N)c3cnn(C)c3c2c1. The number of anilines is 1. The van der Waals surface area contributed by atoms with Crippen molar-refractivity contribution in [2.24, 2.45) is 7.05 Å². The highest BCUT2D eigenvalue weighted by Crippen LogP contribution is 2.29. The third kappa shape index (κ3) is 3.59. The van der Waals surface area contributed by atoms with Crippen LogP contribution in [0.2, 0.25) is 0 Å². The molecule has 0 aliphatic carbocycles. The van der Waals surface area contributed by atoms with Gasteiger partial charge in [-0.15, -0.1) is 11.3 Å². The normalized spacial score (nSPS) is 11.4. The summed E-state index contributed by atoms with van der Waals surface area (Å²) in [6, 6.07) is 9.45. The van der Waals surface area contributed by atoms with E-state index in [1.807, 2.05) is 0 Å². The number of pyridine rings is 1. The van der Waals surface area contributed by atoms with Crippen molar-refractivity contribution < 1.29 is 14.0 Å². The number of nitrogen functional groups attached to an aromatic ring is 1. The van der Waals surface area contributed by atoms with Crippen LogP contribution in [0.3, 0.4) is 0 Å². The summed E-state index contributed by atoms with van der Waals surface area (Å²) in [5.74, 6) is -0.730. The number of carbonyl (C=O) groups excluding carboxylic acids is 2. The predicted molar refractivity (Wildman–Crippen MR) is 128 cm³/mol. The van der Waals surface area contributed by atoms with Crippen LogP contribution in [0.1, 0.15) is 22.3 Å². The van der Waals surface area contributed by atoms with E-state index < -0.39 is 5.91 Å². The number of carbonyl (C=O) groups is 2. The van der Waals surface area contributed by atoms with E-state index in [0.717, 1.165) is 15.6 Å². The quantitative estimate of drug-likeness (QED) is 0.398. The zero-order valence-corrected chi connectivity index (χ0v) is 19.4. The fraction of sp³-hybridized carbons (Fsp3) is 0.174. The molecule has 0 unspecified atom stereocenters. The van der Waals surface area contributed by atoms with Crippen molar-refractivity contribution in [2.75, 3.05) is 12.8 Å². The fourth-order valence-corrected chi connectivity index (χ4v) is 4.80. The molecule has 3 aromatic heterocycles. The van der Waals surface area contributed by atoms with Gasteiger partial charge in [0.15, 0.2) is 0 Å². The maximum atomic E-state index is 13.6. The maximum absolute atomic E-state index is 13.6. The molecule has 2 amide bonds. The van der Waals surface area contributed by atoms with Gasteiger partial charge in [0.05, 0.1) is 39.4 Å². The first-order valence-corrected chi connectivity index (χ1v) is 11.2. The van der Waals surface area contributed by atoms with Crippen molar-refractivity contribution >= 4 is 61.0 Å². The predicted octanol–water partition coefficient (Wildman–Crippen LogP) is 3.49. The number of nitrogens with zero attached hydrogens (tertiary/aromatic N) is 6. The van der Waals surface area contributed by atoms with Crippen LogP contribution in [0.5, 0.6) is 0 Å². The van der Waals surface area contributed by atoms with E-state index in [1.165, 1.54) is 47.5 Å². The number of amides is 2. The number of aryl methyl sites for hydroxylation is 1. The van der Waals surface area contributed by atoms with E-state index in [0.29, 0.717) is 32.8 Å². The van der Waals surface area contributed by atoms with Crippen molar-refractivity contribution in [1.29, 1.82) is 0 Å². The topological polar surface area (TPSA) is 110 Å². The molecule has 11 heteroatoms. The lowest BCUT2D eigenvalue weighted by molar-refractivity contribution is -0.140. The zero-order chi connectivity index (χ0) is 24.1. The highest BCUT2D eigenvalue weighted by molar-refractivity contribution is 7.18. The van der Waals surface area contributed by atoms with Gasteiger partial charge in [0.2, 0.25) is 5.91 Å². The molecular weight excluding hydrogens is 457 g/mol. The molecule has 0 saturated carbocycles. The maximum Gasteiger partial charge on any atom is 0.272 e. The number of aromatic nitrogens is 4. The van der Waals surface area contributed by atoms with Gasteiger partial charge in [-0.25, -0.2) is 19.4 Å². The Labute approximate surface area is 197 Å². The second-order valence-corrected chi connectivity index (χ2v) is 9.00. The second kappa shape index (κ2) is 8.03. The summed E-state index contributed by atoms with van der Waals surface area (Å²) in [5.41, 5.74) is 8.33.